The maximum Gasteiger partial charge on any atom is 0.365 e. The molecule has 2 rings (SSSR count). The normalized spacial score (nSPS) is 10.7. The summed E-state index contributed by atoms with van der Waals surface area (Å²) in [6.07, 6.45) is 0. The van der Waals surface area contributed by atoms with Gasteiger partial charge in [-0.15, -0.1) is 11.3 Å². The molecule has 0 fully saturated rings. The van der Waals surface area contributed by atoms with Crippen LogP contribution in [0.2, 0.25) is 0 Å². The minimum atomic E-state index is -0.955. The number of benzene rings is 1. The number of fused-ring (bicyclic) bond motifs is 1. The van der Waals surface area contributed by atoms with Gasteiger partial charge in [-0.1, -0.05) is 6.07 Å². The van der Waals surface area contributed by atoms with Crippen molar-refractivity contribution in [2.45, 2.75) is 13.8 Å². The molecular weight excluding hydrogens is 198 g/mol. The fraction of sp³-hybridized carbons (Fsp3) is 0.200. The van der Waals surface area contributed by atoms with Gasteiger partial charge in [0.05, 0.1) is 10.2 Å². The van der Waals surface area contributed by atoms with Gasteiger partial charge in [0.1, 0.15) is 0 Å². The van der Waals surface area contributed by atoms with Gasteiger partial charge in [0.25, 0.3) is 0 Å². The maximum absolute atomic E-state index is 10.7. The van der Waals surface area contributed by atoms with E-state index in [1.165, 1.54) is 11.3 Å². The molecule has 1 aromatic carbocycles. The van der Waals surface area contributed by atoms with Crippen molar-refractivity contribution in [1.82, 2.24) is 4.98 Å². The summed E-state index contributed by atoms with van der Waals surface area (Å²) in [4.78, 5) is 14.8. The molecule has 0 amide bonds. The fourth-order valence-electron chi connectivity index (χ4n) is 1.46. The number of nitrogens with zero attached hydrogens (tertiary/aromatic N) is 1. The van der Waals surface area contributed by atoms with Gasteiger partial charge in [0.15, 0.2) is 0 Å². The van der Waals surface area contributed by atoms with Crippen LogP contribution in [0.4, 0.5) is 0 Å². The van der Waals surface area contributed by atoms with Gasteiger partial charge in [0.2, 0.25) is 5.01 Å². The lowest BCUT2D eigenvalue weighted by atomic mass is 10.1. The summed E-state index contributed by atoms with van der Waals surface area (Å²) in [5.41, 5.74) is 2.97. The largest absolute Gasteiger partial charge is 0.476 e. The highest BCUT2D eigenvalue weighted by molar-refractivity contribution is 7.20. The van der Waals surface area contributed by atoms with E-state index in [2.05, 4.69) is 4.98 Å². The summed E-state index contributed by atoms with van der Waals surface area (Å²) in [5.74, 6) is -0.955. The lowest BCUT2D eigenvalue weighted by Crippen LogP contribution is -1.93. The standard InChI is InChI=1S/C10H9NO2S/c1-5-3-6(2)8-7(4-5)14-9(11-8)10(12)13/h3-4H,1-2H3,(H,12,13). The Bertz CT molecular complexity index is 516. The molecule has 0 aliphatic rings. The van der Waals surface area contributed by atoms with Gasteiger partial charge in [-0.25, -0.2) is 9.78 Å². The molecule has 0 saturated carbocycles. The second-order valence-corrected chi connectivity index (χ2v) is 4.28. The van der Waals surface area contributed by atoms with Crippen molar-refractivity contribution >= 4 is 27.5 Å². The highest BCUT2D eigenvalue weighted by Gasteiger charge is 2.11. The predicted octanol–water partition coefficient (Wildman–Crippen LogP) is 2.61. The first-order chi connectivity index (χ1) is 6.58. The van der Waals surface area contributed by atoms with Crippen LogP contribution >= 0.6 is 11.3 Å². The van der Waals surface area contributed by atoms with E-state index in [0.29, 0.717) is 0 Å². The highest BCUT2D eigenvalue weighted by Crippen LogP contribution is 2.26. The van der Waals surface area contributed by atoms with Crippen molar-refractivity contribution in [2.24, 2.45) is 0 Å². The van der Waals surface area contributed by atoms with Crippen LogP contribution in [-0.2, 0) is 0 Å². The van der Waals surface area contributed by atoms with Gasteiger partial charge in [-0.05, 0) is 31.0 Å². The Kier molecular flexibility index (Phi) is 2.00. The number of hydrogen-bond acceptors (Lipinski definition) is 3. The van der Waals surface area contributed by atoms with Crippen molar-refractivity contribution in [3.05, 3.63) is 28.3 Å². The summed E-state index contributed by atoms with van der Waals surface area (Å²) in [7, 11) is 0. The zero-order chi connectivity index (χ0) is 10.3. The zero-order valence-corrected chi connectivity index (χ0v) is 8.68. The molecule has 0 radical (unpaired) electrons. The Morgan fingerprint density at radius 1 is 1.43 bits per heavy atom. The second kappa shape index (κ2) is 3.06. The van der Waals surface area contributed by atoms with Crippen LogP contribution < -0.4 is 0 Å². The van der Waals surface area contributed by atoms with Crippen LogP contribution in [0, 0.1) is 13.8 Å². The monoisotopic (exact) mass is 207 g/mol. The van der Waals surface area contributed by atoms with Gasteiger partial charge in [-0.3, -0.25) is 0 Å². The molecule has 0 unspecified atom stereocenters. The van der Waals surface area contributed by atoms with Crippen molar-refractivity contribution in [2.75, 3.05) is 0 Å². The van der Waals surface area contributed by atoms with Crippen LogP contribution in [0.3, 0.4) is 0 Å². The molecule has 14 heavy (non-hydrogen) atoms. The van der Waals surface area contributed by atoms with E-state index >= 15 is 0 Å². The molecular formula is C10H9NO2S. The van der Waals surface area contributed by atoms with E-state index in [1.807, 2.05) is 26.0 Å². The number of rotatable bonds is 1. The summed E-state index contributed by atoms with van der Waals surface area (Å²) < 4.78 is 0.944. The number of carboxylic acids is 1. The van der Waals surface area contributed by atoms with E-state index in [-0.39, 0.29) is 5.01 Å². The third kappa shape index (κ3) is 1.37. The quantitative estimate of drug-likeness (QED) is 0.782. The number of aromatic carboxylic acids is 1. The third-order valence-corrected chi connectivity index (χ3v) is 3.00. The molecule has 0 saturated heterocycles. The van der Waals surface area contributed by atoms with Gasteiger partial charge >= 0.3 is 5.97 Å². The lowest BCUT2D eigenvalue weighted by molar-refractivity contribution is 0.0696. The van der Waals surface area contributed by atoms with Crippen LogP contribution in [-0.4, -0.2) is 16.1 Å². The van der Waals surface area contributed by atoms with E-state index in [1.54, 1.807) is 0 Å². The average Bonchev–Trinajstić information content (AvgIpc) is 2.47. The zero-order valence-electron chi connectivity index (χ0n) is 7.87. The lowest BCUT2D eigenvalue weighted by Gasteiger charge is -1.95. The van der Waals surface area contributed by atoms with Gasteiger partial charge in [-0.2, -0.15) is 0 Å². The number of carbonyl (C=O) groups is 1. The SMILES string of the molecule is Cc1cc(C)c2nc(C(=O)O)sc2c1. The Hall–Kier alpha value is -1.42. The van der Waals surface area contributed by atoms with Gasteiger partial charge in [0, 0.05) is 0 Å². The molecule has 0 spiro atoms. The predicted molar refractivity (Wildman–Crippen MR) is 56.1 cm³/mol. The van der Waals surface area contributed by atoms with E-state index in [9.17, 15) is 4.79 Å². The first kappa shape index (κ1) is 9.15. The maximum atomic E-state index is 10.7. The van der Waals surface area contributed by atoms with E-state index in [0.717, 1.165) is 21.3 Å². The number of aromatic nitrogens is 1. The molecule has 3 nitrogen and oxygen atoms in total. The van der Waals surface area contributed by atoms with Crippen LogP contribution in [0.1, 0.15) is 20.9 Å². The minimum absolute atomic E-state index is 0.161. The molecule has 4 heteroatoms. The van der Waals surface area contributed by atoms with E-state index < -0.39 is 5.97 Å². The van der Waals surface area contributed by atoms with Crippen molar-refractivity contribution in [1.29, 1.82) is 0 Å². The summed E-state index contributed by atoms with van der Waals surface area (Å²) >= 11 is 1.22. The summed E-state index contributed by atoms with van der Waals surface area (Å²) in [6.45, 7) is 3.94. The molecule has 1 aromatic heterocycles. The molecule has 1 N–H and O–H groups in total. The number of thiazole rings is 1. The van der Waals surface area contributed by atoms with Crippen molar-refractivity contribution < 1.29 is 9.90 Å². The molecule has 72 valence electrons. The summed E-state index contributed by atoms with van der Waals surface area (Å²) in [6, 6.07) is 3.97. The third-order valence-electron chi connectivity index (χ3n) is 2.01. The number of aryl methyl sites for hydroxylation is 2. The van der Waals surface area contributed by atoms with Gasteiger partial charge < -0.3 is 5.11 Å². The average molecular weight is 207 g/mol. The van der Waals surface area contributed by atoms with Crippen molar-refractivity contribution in [3.63, 3.8) is 0 Å². The Morgan fingerprint density at radius 2 is 2.14 bits per heavy atom. The first-order valence-corrected chi connectivity index (χ1v) is 5.00. The van der Waals surface area contributed by atoms with E-state index in [4.69, 9.17) is 5.11 Å². The fourth-order valence-corrected chi connectivity index (χ4v) is 2.44. The van der Waals surface area contributed by atoms with Crippen molar-refractivity contribution in [3.8, 4) is 0 Å². The molecule has 0 bridgehead atoms. The first-order valence-electron chi connectivity index (χ1n) is 4.19. The van der Waals surface area contributed by atoms with Crippen LogP contribution in [0.15, 0.2) is 12.1 Å². The topological polar surface area (TPSA) is 50.2 Å². The molecule has 2 aromatic rings. The second-order valence-electron chi connectivity index (χ2n) is 3.25. The number of carboxylic acid groups (broad SMARTS) is 1. The Balaban J connectivity index is 2.76. The smallest absolute Gasteiger partial charge is 0.365 e. The summed E-state index contributed by atoms with van der Waals surface area (Å²) in [5, 5.41) is 8.95. The minimum Gasteiger partial charge on any atom is -0.476 e. The molecule has 0 aliphatic heterocycles. The van der Waals surface area contributed by atoms with Crippen LogP contribution in [0.5, 0.6) is 0 Å². The molecule has 0 aliphatic carbocycles. The number of hydrogen-bond donors (Lipinski definition) is 1. The Labute approximate surface area is 85.0 Å². The molecule has 1 heterocycles. The highest BCUT2D eigenvalue weighted by atomic mass is 32.1. The Morgan fingerprint density at radius 3 is 2.79 bits per heavy atom. The molecule has 0 atom stereocenters. The van der Waals surface area contributed by atoms with Crippen LogP contribution in [0.25, 0.3) is 10.2 Å².